The summed E-state index contributed by atoms with van der Waals surface area (Å²) in [6.07, 6.45) is 1.29. The first-order valence-corrected chi connectivity index (χ1v) is 11.5. The largest absolute Gasteiger partial charge is 0.482 e. The molecule has 1 aliphatic rings. The van der Waals surface area contributed by atoms with E-state index in [0.29, 0.717) is 12.2 Å². The summed E-state index contributed by atoms with van der Waals surface area (Å²) in [5.41, 5.74) is 1.10. The number of sulfonamides is 1. The number of carbonyl (C=O) groups is 2. The summed E-state index contributed by atoms with van der Waals surface area (Å²) >= 11 is 0. The Morgan fingerprint density at radius 3 is 2.35 bits per heavy atom. The first-order valence-electron chi connectivity index (χ1n) is 10.0. The fourth-order valence-corrected chi connectivity index (χ4v) is 5.00. The van der Waals surface area contributed by atoms with Crippen molar-refractivity contribution in [3.8, 4) is 5.75 Å². The third kappa shape index (κ3) is 4.80. The number of hydrogen-bond acceptors (Lipinski definition) is 6. The van der Waals surface area contributed by atoms with Gasteiger partial charge in [0, 0.05) is 19.0 Å². The van der Waals surface area contributed by atoms with Crippen molar-refractivity contribution in [3.05, 3.63) is 65.4 Å². The predicted octanol–water partition coefficient (Wildman–Crippen LogP) is 3.68. The minimum atomic E-state index is -3.95. The van der Waals surface area contributed by atoms with Crippen LogP contribution in [0.5, 0.6) is 5.75 Å². The van der Waals surface area contributed by atoms with Gasteiger partial charge < -0.3 is 9.47 Å². The molecule has 8 heteroatoms. The number of ketones is 1. The lowest BCUT2D eigenvalue weighted by Gasteiger charge is -2.32. The Labute approximate surface area is 182 Å². The van der Waals surface area contributed by atoms with Crippen LogP contribution in [-0.4, -0.2) is 37.6 Å². The van der Waals surface area contributed by atoms with E-state index in [4.69, 9.17) is 9.47 Å². The third-order valence-corrected chi connectivity index (χ3v) is 6.66. The van der Waals surface area contributed by atoms with E-state index >= 15 is 0 Å². The highest BCUT2D eigenvalue weighted by Crippen LogP contribution is 2.38. The Morgan fingerprint density at radius 2 is 1.71 bits per heavy atom. The summed E-state index contributed by atoms with van der Waals surface area (Å²) < 4.78 is 38.4. The van der Waals surface area contributed by atoms with Crippen molar-refractivity contribution in [1.29, 1.82) is 0 Å². The normalized spacial score (nSPS) is 14.7. The number of esters is 1. The van der Waals surface area contributed by atoms with Gasteiger partial charge in [-0.05, 0) is 37.6 Å². The van der Waals surface area contributed by atoms with Gasteiger partial charge in [-0.1, -0.05) is 43.2 Å². The van der Waals surface area contributed by atoms with Gasteiger partial charge in [0.15, 0.2) is 18.1 Å². The van der Waals surface area contributed by atoms with Gasteiger partial charge in [0.25, 0.3) is 10.0 Å². The van der Waals surface area contributed by atoms with Gasteiger partial charge in [0.1, 0.15) is 11.4 Å². The highest BCUT2D eigenvalue weighted by molar-refractivity contribution is 7.89. The van der Waals surface area contributed by atoms with E-state index in [1.807, 2.05) is 26.0 Å². The lowest BCUT2D eigenvalue weighted by molar-refractivity contribution is -0.139. The van der Waals surface area contributed by atoms with E-state index in [1.54, 1.807) is 24.3 Å². The summed E-state index contributed by atoms with van der Waals surface area (Å²) in [4.78, 5) is 25.0. The summed E-state index contributed by atoms with van der Waals surface area (Å²) in [5, 5.41) is 0. The van der Waals surface area contributed by atoms with Gasteiger partial charge in [-0.25, -0.2) is 13.2 Å². The Morgan fingerprint density at radius 1 is 1.03 bits per heavy atom. The van der Waals surface area contributed by atoms with Gasteiger partial charge in [-0.3, -0.25) is 9.10 Å². The van der Waals surface area contributed by atoms with Gasteiger partial charge in [0.05, 0.1) is 4.90 Å². The van der Waals surface area contributed by atoms with Crippen molar-refractivity contribution >= 4 is 27.5 Å². The molecule has 0 saturated carbocycles. The molecule has 1 aliphatic heterocycles. The second-order valence-electron chi connectivity index (χ2n) is 7.24. The average Bonchev–Trinajstić information content (AvgIpc) is 2.74. The number of allylic oxidation sites excluding steroid dienone is 1. The van der Waals surface area contributed by atoms with Crippen LogP contribution in [0.4, 0.5) is 0 Å². The van der Waals surface area contributed by atoms with E-state index < -0.39 is 21.8 Å². The Hall–Kier alpha value is -3.13. The number of unbranched alkanes of at least 4 members (excludes halogenated alkanes) is 1. The molecular weight excluding hydrogens is 418 g/mol. The number of hydrogen-bond donors (Lipinski definition) is 0. The van der Waals surface area contributed by atoms with Crippen molar-refractivity contribution in [1.82, 2.24) is 4.31 Å². The second kappa shape index (κ2) is 9.34. The average molecular weight is 444 g/mol. The molecule has 2 aromatic carbocycles. The molecule has 0 unspecified atom stereocenters. The third-order valence-electron chi connectivity index (χ3n) is 4.81. The van der Waals surface area contributed by atoms with Crippen molar-refractivity contribution < 1.29 is 27.5 Å². The van der Waals surface area contributed by atoms with Gasteiger partial charge >= 0.3 is 5.97 Å². The molecule has 3 rings (SSSR count). The number of ether oxygens (including phenoxy) is 2. The molecule has 7 nitrogen and oxygen atoms in total. The first-order chi connectivity index (χ1) is 14.8. The van der Waals surface area contributed by atoms with Crippen LogP contribution in [0.2, 0.25) is 0 Å². The summed E-state index contributed by atoms with van der Waals surface area (Å²) in [6, 6.07) is 13.4. The SMILES string of the molecule is CCCCN1C(C(C)=O)=C(OC(=O)COc2ccc(C)cc2)c2ccccc2S1(=O)=O. The zero-order chi connectivity index (χ0) is 22.6. The summed E-state index contributed by atoms with van der Waals surface area (Å²) in [6.45, 7) is 4.84. The predicted molar refractivity (Wildman–Crippen MR) is 116 cm³/mol. The molecule has 1 heterocycles. The monoisotopic (exact) mass is 443 g/mol. The van der Waals surface area contributed by atoms with E-state index in [2.05, 4.69) is 0 Å². The Kier molecular flexibility index (Phi) is 6.80. The molecule has 0 atom stereocenters. The number of fused-ring (bicyclic) bond motifs is 1. The molecule has 0 radical (unpaired) electrons. The molecule has 0 aliphatic carbocycles. The lowest BCUT2D eigenvalue weighted by Crippen LogP contribution is -2.39. The fraction of sp³-hybridized carbons (Fsp3) is 0.304. The fourth-order valence-electron chi connectivity index (χ4n) is 3.25. The van der Waals surface area contributed by atoms with Crippen LogP contribution in [0, 0.1) is 6.92 Å². The smallest absolute Gasteiger partial charge is 0.349 e. The molecule has 31 heavy (non-hydrogen) atoms. The van der Waals surface area contributed by atoms with Crippen molar-refractivity contribution in [2.45, 2.75) is 38.5 Å². The van der Waals surface area contributed by atoms with E-state index in [1.165, 1.54) is 19.1 Å². The van der Waals surface area contributed by atoms with E-state index in [0.717, 1.165) is 16.3 Å². The maximum Gasteiger partial charge on any atom is 0.349 e. The molecule has 0 spiro atoms. The van der Waals surface area contributed by atoms with Crippen LogP contribution in [0.25, 0.3) is 5.76 Å². The number of Topliss-reactive ketones (excluding diaryl/α,β-unsaturated/α-hetero) is 1. The summed E-state index contributed by atoms with van der Waals surface area (Å²) in [5.74, 6) is -0.804. The molecule has 0 fully saturated rings. The number of rotatable bonds is 8. The van der Waals surface area contributed by atoms with E-state index in [-0.39, 0.29) is 35.1 Å². The highest BCUT2D eigenvalue weighted by atomic mass is 32.2. The van der Waals surface area contributed by atoms with Crippen molar-refractivity contribution in [3.63, 3.8) is 0 Å². The van der Waals surface area contributed by atoms with Crippen LogP contribution >= 0.6 is 0 Å². The molecule has 0 N–H and O–H groups in total. The molecule has 164 valence electrons. The topological polar surface area (TPSA) is 90.0 Å². The lowest BCUT2D eigenvalue weighted by atomic mass is 10.1. The quantitative estimate of drug-likeness (QED) is 0.578. The number of benzene rings is 2. The second-order valence-corrected chi connectivity index (χ2v) is 9.07. The molecule has 2 aromatic rings. The van der Waals surface area contributed by atoms with Crippen LogP contribution in [-0.2, 0) is 24.3 Å². The van der Waals surface area contributed by atoms with Crippen LogP contribution in [0.1, 0.15) is 37.8 Å². The number of nitrogens with zero attached hydrogens (tertiary/aromatic N) is 1. The van der Waals surface area contributed by atoms with Crippen LogP contribution in [0.3, 0.4) is 0 Å². The maximum atomic E-state index is 13.2. The molecule has 0 aromatic heterocycles. The van der Waals surface area contributed by atoms with Crippen molar-refractivity contribution in [2.24, 2.45) is 0 Å². The maximum absolute atomic E-state index is 13.2. The molecular formula is C23H25NO6S. The van der Waals surface area contributed by atoms with Gasteiger partial charge in [-0.2, -0.15) is 0 Å². The molecule has 0 saturated heterocycles. The number of aryl methyl sites for hydroxylation is 1. The Balaban J connectivity index is 1.96. The standard InChI is InChI=1S/C23H25NO6S/c1-4-5-14-24-22(17(3)25)23(19-8-6-7-9-20(19)31(24,27)28)30-21(26)15-29-18-12-10-16(2)11-13-18/h6-13H,4-5,14-15H2,1-3H3. The minimum Gasteiger partial charge on any atom is -0.482 e. The minimum absolute atomic E-state index is 0.00152. The molecule has 0 bridgehead atoms. The number of carbonyl (C=O) groups excluding carboxylic acids is 2. The van der Waals surface area contributed by atoms with Crippen LogP contribution in [0.15, 0.2) is 59.1 Å². The van der Waals surface area contributed by atoms with E-state index in [9.17, 15) is 18.0 Å². The van der Waals surface area contributed by atoms with Gasteiger partial charge in [-0.15, -0.1) is 0 Å². The van der Waals surface area contributed by atoms with Crippen molar-refractivity contribution in [2.75, 3.05) is 13.2 Å². The molecule has 0 amide bonds. The highest BCUT2D eigenvalue weighted by Gasteiger charge is 2.40. The van der Waals surface area contributed by atoms with Gasteiger partial charge in [0.2, 0.25) is 0 Å². The summed E-state index contributed by atoms with van der Waals surface area (Å²) in [7, 11) is -3.95. The zero-order valence-electron chi connectivity index (χ0n) is 17.8. The first kappa shape index (κ1) is 22.6. The van der Waals surface area contributed by atoms with Crippen LogP contribution < -0.4 is 4.74 Å². The Bertz CT molecular complexity index is 1120. The zero-order valence-corrected chi connectivity index (χ0v) is 18.6.